The van der Waals surface area contributed by atoms with Gasteiger partial charge in [-0.2, -0.15) is 0 Å². The average Bonchev–Trinajstić information content (AvgIpc) is 3.16. The highest BCUT2D eigenvalue weighted by Crippen LogP contribution is 2.25. The fourth-order valence-electron chi connectivity index (χ4n) is 3.15. The first kappa shape index (κ1) is 17.4. The van der Waals surface area contributed by atoms with Crippen LogP contribution < -0.4 is 5.43 Å². The predicted molar refractivity (Wildman–Crippen MR) is 103 cm³/mol. The van der Waals surface area contributed by atoms with E-state index in [0.29, 0.717) is 11.4 Å². The van der Waals surface area contributed by atoms with Gasteiger partial charge in [-0.15, -0.1) is 5.10 Å². The monoisotopic (exact) mass is 362 g/mol. The number of para-hydroxylation sites is 1. The van der Waals surface area contributed by atoms with Crippen LogP contribution in [0.2, 0.25) is 0 Å². The van der Waals surface area contributed by atoms with Crippen molar-refractivity contribution in [3.63, 3.8) is 0 Å². The van der Waals surface area contributed by atoms with Crippen LogP contribution in [0.25, 0.3) is 16.9 Å². The largest absolute Gasteiger partial charge is 0.304 e. The van der Waals surface area contributed by atoms with Gasteiger partial charge in [-0.25, -0.2) is 9.69 Å². The number of hydrazine groups is 1. The molecular formula is C20H22N6O. The molecule has 138 valence electrons. The molecule has 2 heterocycles. The van der Waals surface area contributed by atoms with Gasteiger partial charge in [0.05, 0.1) is 5.69 Å². The highest BCUT2D eigenvalue weighted by Gasteiger charge is 2.24. The van der Waals surface area contributed by atoms with Gasteiger partial charge in [0, 0.05) is 31.7 Å². The van der Waals surface area contributed by atoms with Gasteiger partial charge < -0.3 is 4.90 Å². The second-order valence-electron chi connectivity index (χ2n) is 6.63. The third kappa shape index (κ3) is 3.74. The van der Waals surface area contributed by atoms with Crippen molar-refractivity contribution in [3.8, 4) is 16.9 Å². The van der Waals surface area contributed by atoms with E-state index in [1.807, 2.05) is 65.7 Å². The van der Waals surface area contributed by atoms with Gasteiger partial charge >= 0.3 is 0 Å². The molecule has 3 aromatic rings. The fourth-order valence-corrected chi connectivity index (χ4v) is 3.15. The Kier molecular flexibility index (Phi) is 4.95. The molecule has 27 heavy (non-hydrogen) atoms. The lowest BCUT2D eigenvalue weighted by molar-refractivity contribution is 0.0658. The van der Waals surface area contributed by atoms with Crippen LogP contribution in [-0.4, -0.2) is 64.0 Å². The van der Waals surface area contributed by atoms with Crippen LogP contribution in [0.15, 0.2) is 60.7 Å². The number of nitrogens with one attached hydrogen (secondary N) is 1. The maximum Gasteiger partial charge on any atom is 0.288 e. The van der Waals surface area contributed by atoms with Gasteiger partial charge in [-0.1, -0.05) is 53.7 Å². The molecule has 1 aliphatic rings. The standard InChI is InChI=1S/C20H22N6O/c1-24-12-14-25(15-13-24)22-20(27)18-19(16-8-4-2-5-9-16)26(23-21-18)17-10-6-3-7-11-17/h2-11H,12-15H2,1H3,(H,22,27). The van der Waals surface area contributed by atoms with Crippen LogP contribution in [0.1, 0.15) is 10.5 Å². The molecule has 1 N–H and O–H groups in total. The summed E-state index contributed by atoms with van der Waals surface area (Å²) in [5, 5.41) is 10.4. The second-order valence-corrected chi connectivity index (χ2v) is 6.63. The van der Waals surface area contributed by atoms with Crippen molar-refractivity contribution >= 4 is 5.91 Å². The number of aromatic nitrogens is 3. The number of carbonyl (C=O) groups excluding carboxylic acids is 1. The molecular weight excluding hydrogens is 340 g/mol. The Morgan fingerprint density at radius 3 is 2.22 bits per heavy atom. The number of amides is 1. The highest BCUT2D eigenvalue weighted by molar-refractivity contribution is 5.98. The van der Waals surface area contributed by atoms with E-state index in [1.54, 1.807) is 4.68 Å². The molecule has 4 rings (SSSR count). The zero-order valence-corrected chi connectivity index (χ0v) is 15.2. The number of nitrogens with zero attached hydrogens (tertiary/aromatic N) is 5. The summed E-state index contributed by atoms with van der Waals surface area (Å²) in [7, 11) is 2.08. The van der Waals surface area contributed by atoms with Crippen LogP contribution >= 0.6 is 0 Å². The summed E-state index contributed by atoms with van der Waals surface area (Å²) in [6, 6.07) is 19.5. The van der Waals surface area contributed by atoms with E-state index in [0.717, 1.165) is 37.4 Å². The molecule has 0 atom stereocenters. The van der Waals surface area contributed by atoms with Crippen molar-refractivity contribution in [2.45, 2.75) is 0 Å². The third-order valence-corrected chi connectivity index (χ3v) is 4.70. The molecule has 1 amide bonds. The molecule has 7 nitrogen and oxygen atoms in total. The van der Waals surface area contributed by atoms with E-state index in [-0.39, 0.29) is 5.91 Å². The SMILES string of the molecule is CN1CCN(NC(=O)c2nnn(-c3ccccc3)c2-c2ccccc2)CC1. The van der Waals surface area contributed by atoms with Gasteiger partial charge in [-0.05, 0) is 19.2 Å². The minimum Gasteiger partial charge on any atom is -0.304 e. The van der Waals surface area contributed by atoms with Gasteiger partial charge in [0.1, 0.15) is 5.69 Å². The molecule has 1 fully saturated rings. The highest BCUT2D eigenvalue weighted by atomic mass is 16.2. The summed E-state index contributed by atoms with van der Waals surface area (Å²) in [4.78, 5) is 15.2. The molecule has 1 aromatic heterocycles. The topological polar surface area (TPSA) is 66.3 Å². The summed E-state index contributed by atoms with van der Waals surface area (Å²) in [6.45, 7) is 3.41. The molecule has 0 spiro atoms. The van der Waals surface area contributed by atoms with Crippen LogP contribution in [0.4, 0.5) is 0 Å². The van der Waals surface area contributed by atoms with E-state index < -0.39 is 0 Å². The molecule has 0 saturated carbocycles. The van der Waals surface area contributed by atoms with Gasteiger partial charge in [-0.3, -0.25) is 10.2 Å². The number of hydrogen-bond donors (Lipinski definition) is 1. The Hall–Kier alpha value is -3.03. The van der Waals surface area contributed by atoms with E-state index in [4.69, 9.17) is 0 Å². The summed E-state index contributed by atoms with van der Waals surface area (Å²) < 4.78 is 1.72. The third-order valence-electron chi connectivity index (χ3n) is 4.70. The minimum absolute atomic E-state index is 0.236. The normalized spacial score (nSPS) is 15.6. The van der Waals surface area contributed by atoms with Crippen LogP contribution in [0, 0.1) is 0 Å². The van der Waals surface area contributed by atoms with E-state index in [2.05, 4.69) is 27.7 Å². The zero-order chi connectivity index (χ0) is 18.6. The number of carbonyl (C=O) groups is 1. The van der Waals surface area contributed by atoms with Crippen molar-refractivity contribution in [1.29, 1.82) is 0 Å². The Labute approximate surface area is 158 Å². The summed E-state index contributed by atoms with van der Waals surface area (Å²) in [6.07, 6.45) is 0. The fraction of sp³-hybridized carbons (Fsp3) is 0.250. The smallest absolute Gasteiger partial charge is 0.288 e. The Morgan fingerprint density at radius 1 is 0.926 bits per heavy atom. The lowest BCUT2D eigenvalue weighted by atomic mass is 10.1. The van der Waals surface area contributed by atoms with Crippen molar-refractivity contribution in [3.05, 3.63) is 66.4 Å². The van der Waals surface area contributed by atoms with E-state index in [1.165, 1.54) is 0 Å². The first-order valence-electron chi connectivity index (χ1n) is 9.03. The first-order chi connectivity index (χ1) is 13.2. The quantitative estimate of drug-likeness (QED) is 0.767. The zero-order valence-electron chi connectivity index (χ0n) is 15.2. The predicted octanol–water partition coefficient (Wildman–Crippen LogP) is 1.83. The number of rotatable bonds is 4. The molecule has 7 heteroatoms. The molecule has 0 bridgehead atoms. The average molecular weight is 362 g/mol. The van der Waals surface area contributed by atoms with Crippen LogP contribution in [0.3, 0.4) is 0 Å². The van der Waals surface area contributed by atoms with Gasteiger partial charge in [0.25, 0.3) is 5.91 Å². The molecule has 2 aromatic carbocycles. The number of benzene rings is 2. The molecule has 0 aliphatic carbocycles. The number of piperazine rings is 1. The molecule has 1 saturated heterocycles. The second kappa shape index (κ2) is 7.69. The van der Waals surface area contributed by atoms with Crippen molar-refractivity contribution in [2.75, 3.05) is 33.2 Å². The Morgan fingerprint density at radius 2 is 1.56 bits per heavy atom. The number of hydrogen-bond acceptors (Lipinski definition) is 5. The minimum atomic E-state index is -0.236. The van der Waals surface area contributed by atoms with Crippen molar-refractivity contribution in [2.24, 2.45) is 0 Å². The van der Waals surface area contributed by atoms with Crippen molar-refractivity contribution in [1.82, 2.24) is 30.3 Å². The first-order valence-corrected chi connectivity index (χ1v) is 9.03. The molecule has 0 unspecified atom stereocenters. The van der Waals surface area contributed by atoms with E-state index >= 15 is 0 Å². The molecule has 0 radical (unpaired) electrons. The van der Waals surface area contributed by atoms with Gasteiger partial charge in [0.15, 0.2) is 5.69 Å². The van der Waals surface area contributed by atoms with E-state index in [9.17, 15) is 4.79 Å². The van der Waals surface area contributed by atoms with Crippen LogP contribution in [-0.2, 0) is 0 Å². The summed E-state index contributed by atoms with van der Waals surface area (Å²) in [5.74, 6) is -0.236. The van der Waals surface area contributed by atoms with Gasteiger partial charge in [0.2, 0.25) is 0 Å². The van der Waals surface area contributed by atoms with Crippen LogP contribution in [0.5, 0.6) is 0 Å². The van der Waals surface area contributed by atoms with Crippen molar-refractivity contribution < 1.29 is 4.79 Å². The maximum absolute atomic E-state index is 13.0. The number of likely N-dealkylation sites (N-methyl/N-ethyl adjacent to an activating group) is 1. The summed E-state index contributed by atoms with van der Waals surface area (Å²) >= 11 is 0. The maximum atomic E-state index is 13.0. The Bertz CT molecular complexity index is 901. The summed E-state index contributed by atoms with van der Waals surface area (Å²) in [5.41, 5.74) is 5.76. The Balaban J connectivity index is 1.68. The lowest BCUT2D eigenvalue weighted by Gasteiger charge is -2.32. The lowest BCUT2D eigenvalue weighted by Crippen LogP contribution is -2.52. The molecule has 1 aliphatic heterocycles.